The second-order valence-electron chi connectivity index (χ2n) is 7.27. The number of carbonyl (C=O) groups excluding carboxylic acids is 1. The number of hydrogen-bond acceptors (Lipinski definition) is 3. The van der Waals surface area contributed by atoms with Gasteiger partial charge in [-0.25, -0.2) is 4.79 Å². The van der Waals surface area contributed by atoms with Crippen LogP contribution < -0.4 is 0 Å². The summed E-state index contributed by atoms with van der Waals surface area (Å²) in [5.74, 6) is 6.23. The van der Waals surface area contributed by atoms with Crippen LogP contribution in [0.2, 0.25) is 0 Å². The lowest BCUT2D eigenvalue weighted by Crippen LogP contribution is -2.47. The molecule has 28 heavy (non-hydrogen) atoms. The molecule has 140 valence electrons. The molecule has 2 amide bonds. The summed E-state index contributed by atoms with van der Waals surface area (Å²) in [7, 11) is 0. The van der Waals surface area contributed by atoms with Gasteiger partial charge in [0.15, 0.2) is 0 Å². The Morgan fingerprint density at radius 1 is 0.964 bits per heavy atom. The van der Waals surface area contributed by atoms with E-state index < -0.39 is 0 Å². The third-order valence-electron chi connectivity index (χ3n) is 5.28. The molecule has 1 fully saturated rings. The van der Waals surface area contributed by atoms with E-state index in [1.54, 1.807) is 18.3 Å². The third-order valence-corrected chi connectivity index (χ3v) is 5.28. The number of urea groups is 1. The minimum Gasteiger partial charge on any atom is -0.325 e. The van der Waals surface area contributed by atoms with Gasteiger partial charge in [-0.3, -0.25) is 4.98 Å². The number of benzene rings is 1. The lowest BCUT2D eigenvalue weighted by Gasteiger charge is -2.35. The van der Waals surface area contributed by atoms with Gasteiger partial charge in [0.2, 0.25) is 0 Å². The summed E-state index contributed by atoms with van der Waals surface area (Å²) in [6.45, 7) is 3.06. The van der Waals surface area contributed by atoms with Crippen LogP contribution in [0, 0.1) is 23.2 Å². The van der Waals surface area contributed by atoms with Crippen LogP contribution in [0.15, 0.2) is 36.5 Å². The maximum atomic E-state index is 12.8. The maximum Gasteiger partial charge on any atom is 0.320 e. The van der Waals surface area contributed by atoms with E-state index in [0.29, 0.717) is 12.1 Å². The van der Waals surface area contributed by atoms with Crippen molar-refractivity contribution in [2.24, 2.45) is 0 Å². The number of hydrogen-bond donors (Lipinski definition) is 0. The molecule has 0 aliphatic carbocycles. The first-order chi connectivity index (χ1) is 13.7. The van der Waals surface area contributed by atoms with E-state index in [-0.39, 0.29) is 6.03 Å². The van der Waals surface area contributed by atoms with Crippen molar-refractivity contribution >= 4 is 6.03 Å². The van der Waals surface area contributed by atoms with E-state index in [1.165, 1.54) is 6.42 Å². The van der Waals surface area contributed by atoms with Crippen LogP contribution in [0.1, 0.15) is 47.2 Å². The minimum atomic E-state index is 0.148. The van der Waals surface area contributed by atoms with Crippen molar-refractivity contribution in [3.63, 3.8) is 0 Å². The van der Waals surface area contributed by atoms with Crippen molar-refractivity contribution in [1.29, 1.82) is 5.26 Å². The highest BCUT2D eigenvalue weighted by Gasteiger charge is 2.26. The minimum absolute atomic E-state index is 0.148. The summed E-state index contributed by atoms with van der Waals surface area (Å²) in [4.78, 5) is 21.3. The second kappa shape index (κ2) is 8.15. The fourth-order valence-electron chi connectivity index (χ4n) is 3.75. The van der Waals surface area contributed by atoms with Gasteiger partial charge in [0.25, 0.3) is 0 Å². The summed E-state index contributed by atoms with van der Waals surface area (Å²) < 4.78 is 0. The van der Waals surface area contributed by atoms with Gasteiger partial charge in [-0.15, -0.1) is 0 Å². The van der Waals surface area contributed by atoms with E-state index in [9.17, 15) is 4.79 Å². The van der Waals surface area contributed by atoms with Gasteiger partial charge in [-0.05, 0) is 49.1 Å². The zero-order chi connectivity index (χ0) is 19.3. The Balaban J connectivity index is 1.50. The van der Waals surface area contributed by atoms with Gasteiger partial charge in [-0.2, -0.15) is 5.26 Å². The third kappa shape index (κ3) is 4.00. The number of nitriles is 1. The van der Waals surface area contributed by atoms with Crippen LogP contribution in [0.3, 0.4) is 0 Å². The normalized spacial score (nSPS) is 15.8. The van der Waals surface area contributed by atoms with Crippen molar-refractivity contribution in [2.45, 2.75) is 32.2 Å². The molecule has 4 rings (SSSR count). The summed E-state index contributed by atoms with van der Waals surface area (Å²) in [5, 5.41) is 9.00. The van der Waals surface area contributed by atoms with Gasteiger partial charge in [0.1, 0.15) is 0 Å². The topological polar surface area (TPSA) is 60.2 Å². The molecule has 5 nitrogen and oxygen atoms in total. The molecule has 2 aliphatic rings. The van der Waals surface area contributed by atoms with Crippen LogP contribution in [0.25, 0.3) is 0 Å². The Labute approximate surface area is 165 Å². The predicted molar refractivity (Wildman–Crippen MR) is 106 cm³/mol. The van der Waals surface area contributed by atoms with E-state index in [0.717, 1.165) is 61.3 Å². The number of piperidine rings is 1. The average Bonchev–Trinajstić information content (AvgIpc) is 2.77. The van der Waals surface area contributed by atoms with Gasteiger partial charge >= 0.3 is 6.03 Å². The fourth-order valence-corrected chi connectivity index (χ4v) is 3.75. The zero-order valence-corrected chi connectivity index (χ0v) is 15.8. The van der Waals surface area contributed by atoms with E-state index in [1.807, 2.05) is 28.0 Å². The molecular formula is C23H22N4O. The molecule has 0 atom stereocenters. The number of rotatable bonds is 0. The Morgan fingerprint density at radius 2 is 1.75 bits per heavy atom. The Kier molecular flexibility index (Phi) is 5.26. The van der Waals surface area contributed by atoms with Crippen LogP contribution in [-0.4, -0.2) is 40.4 Å². The first kappa shape index (κ1) is 18.1. The quantitative estimate of drug-likeness (QED) is 0.669. The Hall–Kier alpha value is -3.31. The molecule has 0 radical (unpaired) electrons. The summed E-state index contributed by atoms with van der Waals surface area (Å²) in [6, 6.07) is 11.6. The largest absolute Gasteiger partial charge is 0.325 e. The molecule has 2 aromatic rings. The highest BCUT2D eigenvalue weighted by atomic mass is 16.2. The van der Waals surface area contributed by atoms with Crippen molar-refractivity contribution < 1.29 is 4.79 Å². The number of fused-ring (bicyclic) bond motifs is 1. The van der Waals surface area contributed by atoms with Gasteiger partial charge < -0.3 is 9.80 Å². The SMILES string of the molecule is N#Cc1cccc(C#Cc2cnc3c(c2)CN(C(=O)N2CCCCC2)CC3)c1. The van der Waals surface area contributed by atoms with Gasteiger partial charge in [0.05, 0.1) is 11.6 Å². The first-order valence-corrected chi connectivity index (χ1v) is 9.77. The second-order valence-corrected chi connectivity index (χ2v) is 7.27. The number of nitrogens with zero attached hydrogens (tertiary/aromatic N) is 4. The van der Waals surface area contributed by atoms with Gasteiger partial charge in [0, 0.05) is 55.6 Å². The number of pyridine rings is 1. The Morgan fingerprint density at radius 3 is 2.57 bits per heavy atom. The first-order valence-electron chi connectivity index (χ1n) is 9.77. The predicted octanol–water partition coefficient (Wildman–Crippen LogP) is 3.32. The molecule has 0 spiro atoms. The molecule has 3 heterocycles. The van der Waals surface area contributed by atoms with E-state index in [4.69, 9.17) is 5.26 Å². The fraction of sp³-hybridized carbons (Fsp3) is 0.348. The molecular weight excluding hydrogens is 348 g/mol. The maximum absolute atomic E-state index is 12.8. The monoisotopic (exact) mass is 370 g/mol. The summed E-state index contributed by atoms with van der Waals surface area (Å²) >= 11 is 0. The number of likely N-dealkylation sites (tertiary alicyclic amines) is 1. The smallest absolute Gasteiger partial charge is 0.320 e. The molecule has 2 aliphatic heterocycles. The molecule has 1 aromatic heterocycles. The van der Waals surface area contributed by atoms with E-state index >= 15 is 0 Å². The average molecular weight is 370 g/mol. The molecule has 0 bridgehead atoms. The van der Waals surface area contributed by atoms with Crippen LogP contribution >= 0.6 is 0 Å². The van der Waals surface area contributed by atoms with Crippen molar-refractivity contribution in [3.05, 3.63) is 64.5 Å². The van der Waals surface area contributed by atoms with Crippen molar-refractivity contribution in [2.75, 3.05) is 19.6 Å². The summed E-state index contributed by atoms with van der Waals surface area (Å²) in [6.07, 6.45) is 6.00. The Bertz CT molecular complexity index is 990. The molecule has 0 saturated carbocycles. The molecule has 1 aromatic carbocycles. The lowest BCUT2D eigenvalue weighted by molar-refractivity contribution is 0.138. The molecule has 0 N–H and O–H groups in total. The zero-order valence-electron chi connectivity index (χ0n) is 15.8. The highest BCUT2D eigenvalue weighted by Crippen LogP contribution is 2.20. The van der Waals surface area contributed by atoms with Crippen molar-refractivity contribution in [1.82, 2.24) is 14.8 Å². The van der Waals surface area contributed by atoms with Crippen molar-refractivity contribution in [3.8, 4) is 17.9 Å². The number of aromatic nitrogens is 1. The van der Waals surface area contributed by atoms with Gasteiger partial charge in [-0.1, -0.05) is 17.9 Å². The number of carbonyl (C=O) groups is 1. The van der Waals surface area contributed by atoms with Crippen LogP contribution in [0.5, 0.6) is 0 Å². The molecule has 1 saturated heterocycles. The van der Waals surface area contributed by atoms with Crippen LogP contribution in [0.4, 0.5) is 4.79 Å². The highest BCUT2D eigenvalue weighted by molar-refractivity contribution is 5.75. The van der Waals surface area contributed by atoms with E-state index in [2.05, 4.69) is 22.9 Å². The molecule has 0 unspecified atom stereocenters. The lowest BCUT2D eigenvalue weighted by atomic mass is 10.0. The number of amides is 2. The van der Waals surface area contributed by atoms with Crippen LogP contribution in [-0.2, 0) is 13.0 Å². The molecule has 5 heteroatoms. The summed E-state index contributed by atoms with van der Waals surface area (Å²) in [5.41, 5.74) is 4.36. The standard InChI is InChI=1S/C23H22N4O/c24-15-19-6-4-5-18(13-19)7-8-20-14-21-17-27(12-9-22(21)25-16-20)23(28)26-10-2-1-3-11-26/h4-6,13-14,16H,1-3,9-12,17H2.